The van der Waals surface area contributed by atoms with Crippen LogP contribution >= 0.6 is 27.3 Å². The normalized spacial score (nSPS) is 13.4. The Bertz CT molecular complexity index is 362. The Labute approximate surface area is 110 Å². The first-order valence-electron chi connectivity index (χ1n) is 5.40. The molecule has 90 valence electrons. The molecule has 0 saturated carbocycles. The van der Waals surface area contributed by atoms with Crippen molar-refractivity contribution < 1.29 is 4.79 Å². The molecule has 0 aliphatic carbocycles. The number of nitrogens with zero attached hydrogens (tertiary/aromatic N) is 1. The molecule has 2 nitrogen and oxygen atoms in total. The predicted octanol–water partition coefficient (Wildman–Crippen LogP) is 3.67. The fraction of sp³-hybridized carbons (Fsp3) is 0.583. The van der Waals surface area contributed by atoms with Crippen LogP contribution in [0, 0.1) is 5.92 Å². The zero-order valence-electron chi connectivity index (χ0n) is 10.2. The van der Waals surface area contributed by atoms with Gasteiger partial charge in [-0.1, -0.05) is 13.8 Å². The van der Waals surface area contributed by atoms with Crippen molar-refractivity contribution in [3.8, 4) is 0 Å². The zero-order valence-corrected chi connectivity index (χ0v) is 12.6. The average molecular weight is 304 g/mol. The van der Waals surface area contributed by atoms with Crippen molar-refractivity contribution in [1.29, 1.82) is 0 Å². The molecular formula is C12H18BrNOS. The molecule has 0 spiro atoms. The van der Waals surface area contributed by atoms with E-state index in [0.717, 1.165) is 9.35 Å². The van der Waals surface area contributed by atoms with Gasteiger partial charge >= 0.3 is 0 Å². The van der Waals surface area contributed by atoms with Gasteiger partial charge in [-0.25, -0.2) is 0 Å². The summed E-state index contributed by atoms with van der Waals surface area (Å²) in [6, 6.07) is 2.34. The van der Waals surface area contributed by atoms with E-state index in [-0.39, 0.29) is 5.78 Å². The molecule has 0 N–H and O–H groups in total. The highest BCUT2D eigenvalue weighted by Gasteiger charge is 2.18. The summed E-state index contributed by atoms with van der Waals surface area (Å²) in [6.07, 6.45) is 0. The molecular weight excluding hydrogens is 286 g/mol. The van der Waals surface area contributed by atoms with Crippen molar-refractivity contribution in [3.05, 3.63) is 20.8 Å². The summed E-state index contributed by atoms with van der Waals surface area (Å²) in [7, 11) is 2.00. The number of carbonyl (C=O) groups excluding carboxylic acids is 1. The van der Waals surface area contributed by atoms with Crippen molar-refractivity contribution in [1.82, 2.24) is 4.90 Å². The third kappa shape index (κ3) is 3.40. The highest BCUT2D eigenvalue weighted by atomic mass is 79.9. The number of thiophene rings is 1. The summed E-state index contributed by atoms with van der Waals surface area (Å²) < 4.78 is 0.910. The van der Waals surface area contributed by atoms with E-state index in [4.69, 9.17) is 0 Å². The van der Waals surface area contributed by atoms with Gasteiger partial charge in [-0.2, -0.15) is 0 Å². The van der Waals surface area contributed by atoms with Crippen LogP contribution in [0.1, 0.15) is 30.4 Å². The van der Waals surface area contributed by atoms with Crippen LogP contribution in [0.25, 0.3) is 0 Å². The smallest absolute Gasteiger partial charge is 0.187 e. The van der Waals surface area contributed by atoms with E-state index in [0.29, 0.717) is 18.5 Å². The topological polar surface area (TPSA) is 20.3 Å². The molecule has 1 unspecified atom stereocenters. The van der Waals surface area contributed by atoms with E-state index >= 15 is 0 Å². The van der Waals surface area contributed by atoms with Gasteiger partial charge in [0.1, 0.15) is 0 Å². The molecule has 16 heavy (non-hydrogen) atoms. The van der Waals surface area contributed by atoms with E-state index in [1.165, 1.54) is 11.3 Å². The first-order chi connectivity index (χ1) is 7.43. The third-order valence-corrected chi connectivity index (χ3v) is 4.80. The van der Waals surface area contributed by atoms with Gasteiger partial charge < -0.3 is 0 Å². The molecule has 0 amide bonds. The summed E-state index contributed by atoms with van der Waals surface area (Å²) in [5, 5.41) is 1.93. The van der Waals surface area contributed by atoms with Gasteiger partial charge in [0, 0.05) is 10.5 Å². The summed E-state index contributed by atoms with van der Waals surface area (Å²) in [5.74, 6) is 0.751. The number of hydrogen-bond acceptors (Lipinski definition) is 3. The monoisotopic (exact) mass is 303 g/mol. The Kier molecular flexibility index (Phi) is 5.15. The Balaban J connectivity index is 2.62. The second-order valence-corrected chi connectivity index (χ2v) is 6.19. The molecule has 0 fully saturated rings. The second kappa shape index (κ2) is 5.94. The molecule has 0 aliphatic rings. The standard InChI is InChI=1S/C12H18BrNOS/c1-8(2)9(3)14(4)7-11(15)12-10(13)5-6-16-12/h5-6,8-9H,7H2,1-4H3. The van der Waals surface area contributed by atoms with Crippen LogP contribution in [-0.2, 0) is 0 Å². The quantitative estimate of drug-likeness (QED) is 0.774. The summed E-state index contributed by atoms with van der Waals surface area (Å²) >= 11 is 4.89. The van der Waals surface area contributed by atoms with E-state index in [2.05, 4.69) is 41.6 Å². The molecule has 0 saturated heterocycles. The van der Waals surface area contributed by atoms with Crippen molar-refractivity contribution >= 4 is 33.0 Å². The molecule has 1 aromatic heterocycles. The number of Topliss-reactive ketones (excluding diaryl/α,β-unsaturated/α-hetero) is 1. The van der Waals surface area contributed by atoms with Crippen LogP contribution in [0.5, 0.6) is 0 Å². The first-order valence-corrected chi connectivity index (χ1v) is 7.07. The Morgan fingerprint density at radius 1 is 1.50 bits per heavy atom. The van der Waals surface area contributed by atoms with Gasteiger partial charge in [-0.15, -0.1) is 11.3 Å². The SMILES string of the molecule is CC(C)C(C)N(C)CC(=O)c1sccc1Br. The molecule has 1 rings (SSSR count). The van der Waals surface area contributed by atoms with Crippen molar-refractivity contribution in [3.63, 3.8) is 0 Å². The van der Waals surface area contributed by atoms with Gasteiger partial charge in [0.25, 0.3) is 0 Å². The van der Waals surface area contributed by atoms with Gasteiger partial charge in [-0.05, 0) is 47.3 Å². The van der Waals surface area contributed by atoms with Gasteiger partial charge in [0.15, 0.2) is 5.78 Å². The molecule has 1 heterocycles. The molecule has 0 bridgehead atoms. The van der Waals surface area contributed by atoms with Crippen LogP contribution in [0.2, 0.25) is 0 Å². The lowest BCUT2D eigenvalue weighted by Gasteiger charge is -2.26. The summed E-state index contributed by atoms with van der Waals surface area (Å²) in [5.41, 5.74) is 0. The second-order valence-electron chi connectivity index (χ2n) is 4.42. The molecule has 4 heteroatoms. The van der Waals surface area contributed by atoms with Crippen LogP contribution in [0.3, 0.4) is 0 Å². The fourth-order valence-corrected chi connectivity index (χ4v) is 2.97. The number of carbonyl (C=O) groups is 1. The molecule has 0 aliphatic heterocycles. The maximum absolute atomic E-state index is 12.0. The van der Waals surface area contributed by atoms with E-state index in [9.17, 15) is 4.79 Å². The maximum Gasteiger partial charge on any atom is 0.187 e. The van der Waals surface area contributed by atoms with E-state index in [1.807, 2.05) is 18.5 Å². The first kappa shape index (κ1) is 13.9. The van der Waals surface area contributed by atoms with Gasteiger partial charge in [0.05, 0.1) is 11.4 Å². The third-order valence-electron chi connectivity index (χ3n) is 2.92. The Morgan fingerprint density at radius 2 is 2.12 bits per heavy atom. The highest BCUT2D eigenvalue weighted by Crippen LogP contribution is 2.23. The number of ketones is 1. The number of halogens is 1. The van der Waals surface area contributed by atoms with Crippen molar-refractivity contribution in [2.45, 2.75) is 26.8 Å². The highest BCUT2D eigenvalue weighted by molar-refractivity contribution is 9.10. The molecule has 0 aromatic carbocycles. The van der Waals surface area contributed by atoms with E-state index in [1.54, 1.807) is 0 Å². The lowest BCUT2D eigenvalue weighted by molar-refractivity contribution is 0.0910. The Morgan fingerprint density at radius 3 is 2.56 bits per heavy atom. The largest absolute Gasteiger partial charge is 0.296 e. The van der Waals surface area contributed by atoms with Crippen molar-refractivity contribution in [2.75, 3.05) is 13.6 Å². The maximum atomic E-state index is 12.0. The number of rotatable bonds is 5. The van der Waals surface area contributed by atoms with Crippen LogP contribution < -0.4 is 0 Å². The minimum atomic E-state index is 0.192. The van der Waals surface area contributed by atoms with Gasteiger partial charge in [-0.3, -0.25) is 9.69 Å². The lowest BCUT2D eigenvalue weighted by atomic mass is 10.1. The predicted molar refractivity (Wildman–Crippen MR) is 73.3 cm³/mol. The molecule has 1 aromatic rings. The minimum absolute atomic E-state index is 0.192. The van der Waals surface area contributed by atoms with Crippen molar-refractivity contribution in [2.24, 2.45) is 5.92 Å². The summed E-state index contributed by atoms with van der Waals surface area (Å²) in [4.78, 5) is 14.9. The fourth-order valence-electron chi connectivity index (χ4n) is 1.44. The minimum Gasteiger partial charge on any atom is -0.296 e. The average Bonchev–Trinajstić information content (AvgIpc) is 2.62. The Hall–Kier alpha value is -0.190. The van der Waals surface area contributed by atoms with Crippen LogP contribution in [-0.4, -0.2) is 30.3 Å². The molecule has 1 atom stereocenters. The summed E-state index contributed by atoms with van der Waals surface area (Å²) in [6.45, 7) is 6.99. The zero-order chi connectivity index (χ0) is 12.3. The van der Waals surface area contributed by atoms with E-state index < -0.39 is 0 Å². The van der Waals surface area contributed by atoms with Gasteiger partial charge in [0.2, 0.25) is 0 Å². The molecule has 0 radical (unpaired) electrons. The van der Waals surface area contributed by atoms with Crippen LogP contribution in [0.15, 0.2) is 15.9 Å². The van der Waals surface area contributed by atoms with Crippen LogP contribution in [0.4, 0.5) is 0 Å². The number of hydrogen-bond donors (Lipinski definition) is 0. The number of likely N-dealkylation sites (N-methyl/N-ethyl adjacent to an activating group) is 1. The lowest BCUT2D eigenvalue weighted by Crippen LogP contribution is -2.37.